The quantitative estimate of drug-likeness (QED) is 0.859. The van der Waals surface area contributed by atoms with Crippen LogP contribution in [0.4, 0.5) is 0 Å². The van der Waals surface area contributed by atoms with E-state index < -0.39 is 0 Å². The summed E-state index contributed by atoms with van der Waals surface area (Å²) in [7, 11) is 0. The van der Waals surface area contributed by atoms with Gasteiger partial charge in [0.1, 0.15) is 5.69 Å². The monoisotopic (exact) mass is 360 g/mol. The lowest BCUT2D eigenvalue weighted by molar-refractivity contribution is 0.0945. The standard InChI is InChI=1S/C13H14BrClN2OS/c1-2-17-8-9(14)7-11(17)13(18)16-6-5-10-3-4-12(15)19-10/h3-4,7-8H,2,5-6H2,1H3,(H,16,18). The van der Waals surface area contributed by atoms with Crippen molar-refractivity contribution in [1.29, 1.82) is 0 Å². The van der Waals surface area contributed by atoms with Gasteiger partial charge >= 0.3 is 0 Å². The lowest BCUT2D eigenvalue weighted by Crippen LogP contribution is -2.27. The molecule has 102 valence electrons. The predicted octanol–water partition coefficient (Wildman–Crippen LogP) is 3.96. The van der Waals surface area contributed by atoms with Gasteiger partial charge in [0, 0.05) is 28.6 Å². The molecule has 0 bridgehead atoms. The molecule has 2 aromatic heterocycles. The van der Waals surface area contributed by atoms with Crippen molar-refractivity contribution in [2.24, 2.45) is 0 Å². The molecule has 0 atom stereocenters. The number of aryl methyl sites for hydroxylation is 1. The second kappa shape index (κ2) is 6.59. The molecule has 0 radical (unpaired) electrons. The number of hydrogen-bond acceptors (Lipinski definition) is 2. The molecule has 1 amide bonds. The van der Waals surface area contributed by atoms with Gasteiger partial charge in [0.25, 0.3) is 5.91 Å². The van der Waals surface area contributed by atoms with E-state index in [0.717, 1.165) is 21.8 Å². The Labute approximate surface area is 129 Å². The fourth-order valence-electron chi connectivity index (χ4n) is 1.80. The summed E-state index contributed by atoms with van der Waals surface area (Å²) in [6.45, 7) is 3.40. The van der Waals surface area contributed by atoms with Crippen molar-refractivity contribution in [3.63, 3.8) is 0 Å². The largest absolute Gasteiger partial charge is 0.350 e. The molecular weight excluding hydrogens is 348 g/mol. The van der Waals surface area contributed by atoms with Gasteiger partial charge in [-0.25, -0.2) is 0 Å². The van der Waals surface area contributed by atoms with Crippen LogP contribution in [-0.4, -0.2) is 17.0 Å². The van der Waals surface area contributed by atoms with Gasteiger partial charge in [-0.1, -0.05) is 11.6 Å². The first kappa shape index (κ1) is 14.6. The minimum absolute atomic E-state index is 0.0461. The highest BCUT2D eigenvalue weighted by Gasteiger charge is 2.11. The van der Waals surface area contributed by atoms with Gasteiger partial charge in [0.2, 0.25) is 0 Å². The Balaban J connectivity index is 1.90. The predicted molar refractivity (Wildman–Crippen MR) is 83.2 cm³/mol. The SMILES string of the molecule is CCn1cc(Br)cc1C(=O)NCCc1ccc(Cl)s1. The highest BCUT2D eigenvalue weighted by atomic mass is 79.9. The topological polar surface area (TPSA) is 34.0 Å². The summed E-state index contributed by atoms with van der Waals surface area (Å²) in [5, 5.41) is 2.93. The third-order valence-corrected chi connectivity index (χ3v) is 4.45. The summed E-state index contributed by atoms with van der Waals surface area (Å²) in [4.78, 5) is 13.2. The van der Waals surface area contributed by atoms with E-state index in [2.05, 4.69) is 21.2 Å². The first-order valence-electron chi connectivity index (χ1n) is 5.98. The van der Waals surface area contributed by atoms with E-state index >= 15 is 0 Å². The minimum Gasteiger partial charge on any atom is -0.350 e. The molecule has 2 rings (SSSR count). The van der Waals surface area contributed by atoms with Crippen LogP contribution in [0.25, 0.3) is 0 Å². The maximum absolute atomic E-state index is 12.1. The molecule has 0 unspecified atom stereocenters. The molecule has 0 aliphatic carbocycles. The van der Waals surface area contributed by atoms with Crippen LogP contribution in [0.15, 0.2) is 28.9 Å². The van der Waals surface area contributed by atoms with Crippen LogP contribution in [0.1, 0.15) is 22.3 Å². The second-order valence-electron chi connectivity index (χ2n) is 4.04. The van der Waals surface area contributed by atoms with Gasteiger partial charge in [-0.3, -0.25) is 4.79 Å². The first-order valence-corrected chi connectivity index (χ1v) is 7.97. The van der Waals surface area contributed by atoms with Crippen molar-refractivity contribution >= 4 is 44.8 Å². The van der Waals surface area contributed by atoms with E-state index in [1.165, 1.54) is 4.88 Å². The fraction of sp³-hybridized carbons (Fsp3) is 0.308. The summed E-state index contributed by atoms with van der Waals surface area (Å²) < 4.78 is 3.62. The van der Waals surface area contributed by atoms with Crippen LogP contribution in [-0.2, 0) is 13.0 Å². The number of amides is 1. The maximum Gasteiger partial charge on any atom is 0.267 e. The lowest BCUT2D eigenvalue weighted by Gasteiger charge is -2.07. The molecular formula is C13H14BrClN2OS. The molecule has 0 aliphatic heterocycles. The van der Waals surface area contributed by atoms with Crippen LogP contribution in [0.3, 0.4) is 0 Å². The molecule has 0 aromatic carbocycles. The molecule has 0 aliphatic rings. The third kappa shape index (κ3) is 3.84. The molecule has 0 spiro atoms. The van der Waals surface area contributed by atoms with Crippen LogP contribution >= 0.6 is 38.9 Å². The van der Waals surface area contributed by atoms with E-state index in [4.69, 9.17) is 11.6 Å². The van der Waals surface area contributed by atoms with Crippen molar-refractivity contribution in [1.82, 2.24) is 9.88 Å². The van der Waals surface area contributed by atoms with Crippen LogP contribution < -0.4 is 5.32 Å². The summed E-state index contributed by atoms with van der Waals surface area (Å²) in [5.41, 5.74) is 0.679. The van der Waals surface area contributed by atoms with Gasteiger partial charge in [-0.15, -0.1) is 11.3 Å². The Kier molecular flexibility index (Phi) is 5.07. The average molecular weight is 362 g/mol. The molecule has 3 nitrogen and oxygen atoms in total. The molecule has 0 saturated heterocycles. The maximum atomic E-state index is 12.1. The van der Waals surface area contributed by atoms with Crippen molar-refractivity contribution in [3.05, 3.63) is 43.8 Å². The van der Waals surface area contributed by atoms with Crippen LogP contribution in [0, 0.1) is 0 Å². The molecule has 2 heterocycles. The second-order valence-corrected chi connectivity index (χ2v) is 6.76. The summed E-state index contributed by atoms with van der Waals surface area (Å²) in [6, 6.07) is 5.70. The van der Waals surface area contributed by atoms with Crippen molar-refractivity contribution in [3.8, 4) is 0 Å². The number of rotatable bonds is 5. The highest BCUT2D eigenvalue weighted by molar-refractivity contribution is 9.10. The lowest BCUT2D eigenvalue weighted by atomic mass is 10.3. The van der Waals surface area contributed by atoms with Gasteiger partial charge in [-0.05, 0) is 47.5 Å². The zero-order valence-electron chi connectivity index (χ0n) is 10.5. The van der Waals surface area contributed by atoms with E-state index in [1.807, 2.05) is 35.9 Å². The van der Waals surface area contributed by atoms with Crippen molar-refractivity contribution < 1.29 is 4.79 Å². The number of thiophene rings is 1. The van der Waals surface area contributed by atoms with E-state index in [9.17, 15) is 4.79 Å². The van der Waals surface area contributed by atoms with Gasteiger partial charge < -0.3 is 9.88 Å². The fourth-order valence-corrected chi connectivity index (χ4v) is 3.35. The number of carbonyl (C=O) groups is 1. The Bertz CT molecular complexity index is 579. The Morgan fingerprint density at radius 2 is 2.32 bits per heavy atom. The molecule has 2 aromatic rings. The molecule has 1 N–H and O–H groups in total. The summed E-state index contributed by atoms with van der Waals surface area (Å²) >= 11 is 10.8. The van der Waals surface area contributed by atoms with E-state index in [1.54, 1.807) is 11.3 Å². The van der Waals surface area contributed by atoms with Crippen molar-refractivity contribution in [2.75, 3.05) is 6.54 Å². The smallest absolute Gasteiger partial charge is 0.267 e. The summed E-state index contributed by atoms with van der Waals surface area (Å²) in [5.74, 6) is -0.0461. The summed E-state index contributed by atoms with van der Waals surface area (Å²) in [6.07, 6.45) is 2.71. The average Bonchev–Trinajstić information content (AvgIpc) is 2.95. The number of halogens is 2. The third-order valence-electron chi connectivity index (χ3n) is 2.72. The van der Waals surface area contributed by atoms with E-state index in [0.29, 0.717) is 12.2 Å². The van der Waals surface area contributed by atoms with Gasteiger partial charge in [-0.2, -0.15) is 0 Å². The number of carbonyl (C=O) groups excluding carboxylic acids is 1. The number of nitrogens with one attached hydrogen (secondary N) is 1. The normalized spacial score (nSPS) is 10.7. The van der Waals surface area contributed by atoms with Crippen LogP contribution in [0.2, 0.25) is 4.34 Å². The zero-order valence-corrected chi connectivity index (χ0v) is 13.6. The Hall–Kier alpha value is -0.780. The van der Waals surface area contributed by atoms with E-state index in [-0.39, 0.29) is 5.91 Å². The van der Waals surface area contributed by atoms with Crippen molar-refractivity contribution in [2.45, 2.75) is 19.9 Å². The molecule has 0 saturated carbocycles. The number of nitrogens with zero attached hydrogens (tertiary/aromatic N) is 1. The molecule has 19 heavy (non-hydrogen) atoms. The molecule has 6 heteroatoms. The Morgan fingerprint density at radius 3 is 2.95 bits per heavy atom. The molecule has 0 fully saturated rings. The number of hydrogen-bond donors (Lipinski definition) is 1. The minimum atomic E-state index is -0.0461. The first-order chi connectivity index (χ1) is 9.10. The Morgan fingerprint density at radius 1 is 1.53 bits per heavy atom. The van der Waals surface area contributed by atoms with Gasteiger partial charge in [0.15, 0.2) is 0 Å². The zero-order chi connectivity index (χ0) is 13.8. The highest BCUT2D eigenvalue weighted by Crippen LogP contribution is 2.21. The number of aromatic nitrogens is 1. The van der Waals surface area contributed by atoms with Crippen LogP contribution in [0.5, 0.6) is 0 Å². The van der Waals surface area contributed by atoms with Gasteiger partial charge in [0.05, 0.1) is 4.34 Å².